The first-order chi connectivity index (χ1) is 8.16. The van der Waals surface area contributed by atoms with E-state index < -0.39 is 5.97 Å². The SMILES string of the molecule is Cn1ncnc1CNC1CCCC(C(=O)O)C1. The zero-order chi connectivity index (χ0) is 12.3. The van der Waals surface area contributed by atoms with Crippen LogP contribution >= 0.6 is 0 Å². The molecular formula is C11H18N4O2. The van der Waals surface area contributed by atoms with E-state index in [1.165, 1.54) is 6.33 Å². The van der Waals surface area contributed by atoms with Gasteiger partial charge in [-0.1, -0.05) is 6.42 Å². The van der Waals surface area contributed by atoms with Crippen molar-refractivity contribution in [3.05, 3.63) is 12.2 Å². The molecule has 0 saturated heterocycles. The molecule has 0 aliphatic heterocycles. The summed E-state index contributed by atoms with van der Waals surface area (Å²) in [6.45, 7) is 0.646. The van der Waals surface area contributed by atoms with Crippen LogP contribution in [0.5, 0.6) is 0 Å². The highest BCUT2D eigenvalue weighted by Crippen LogP contribution is 2.24. The van der Waals surface area contributed by atoms with Gasteiger partial charge in [-0.2, -0.15) is 5.10 Å². The maximum Gasteiger partial charge on any atom is 0.306 e. The van der Waals surface area contributed by atoms with Crippen molar-refractivity contribution in [3.8, 4) is 0 Å². The van der Waals surface area contributed by atoms with Crippen LogP contribution in [0.4, 0.5) is 0 Å². The minimum absolute atomic E-state index is 0.194. The molecule has 17 heavy (non-hydrogen) atoms. The molecule has 1 saturated carbocycles. The number of carboxylic acid groups (broad SMARTS) is 1. The van der Waals surface area contributed by atoms with Gasteiger partial charge in [0.1, 0.15) is 12.2 Å². The Morgan fingerprint density at radius 3 is 3.12 bits per heavy atom. The Morgan fingerprint density at radius 2 is 2.47 bits per heavy atom. The lowest BCUT2D eigenvalue weighted by molar-refractivity contribution is -0.143. The number of aromatic nitrogens is 3. The van der Waals surface area contributed by atoms with E-state index in [1.54, 1.807) is 4.68 Å². The van der Waals surface area contributed by atoms with E-state index in [2.05, 4.69) is 15.4 Å². The summed E-state index contributed by atoms with van der Waals surface area (Å²) >= 11 is 0. The number of nitrogens with zero attached hydrogens (tertiary/aromatic N) is 3. The number of hydrogen-bond donors (Lipinski definition) is 2. The normalized spacial score (nSPS) is 24.8. The maximum absolute atomic E-state index is 10.9. The Labute approximate surface area is 100 Å². The van der Waals surface area contributed by atoms with E-state index in [9.17, 15) is 4.79 Å². The van der Waals surface area contributed by atoms with Gasteiger partial charge in [-0.3, -0.25) is 9.48 Å². The monoisotopic (exact) mass is 238 g/mol. The fraction of sp³-hybridized carbons (Fsp3) is 0.727. The molecule has 2 unspecified atom stereocenters. The van der Waals surface area contributed by atoms with Gasteiger partial charge < -0.3 is 10.4 Å². The van der Waals surface area contributed by atoms with Crippen molar-refractivity contribution in [2.24, 2.45) is 13.0 Å². The molecule has 0 bridgehead atoms. The molecule has 6 heteroatoms. The molecule has 1 aromatic rings. The molecule has 1 heterocycles. The lowest BCUT2D eigenvalue weighted by atomic mass is 9.86. The molecule has 0 amide bonds. The summed E-state index contributed by atoms with van der Waals surface area (Å²) in [5, 5.41) is 16.4. The molecule has 0 radical (unpaired) electrons. The molecule has 6 nitrogen and oxygen atoms in total. The van der Waals surface area contributed by atoms with Gasteiger partial charge in [-0.15, -0.1) is 0 Å². The highest BCUT2D eigenvalue weighted by atomic mass is 16.4. The smallest absolute Gasteiger partial charge is 0.306 e. The van der Waals surface area contributed by atoms with Crippen molar-refractivity contribution >= 4 is 5.97 Å². The lowest BCUT2D eigenvalue weighted by Crippen LogP contribution is -2.36. The van der Waals surface area contributed by atoms with Crippen LogP contribution in [0.1, 0.15) is 31.5 Å². The molecule has 0 aromatic carbocycles. The van der Waals surface area contributed by atoms with Crippen LogP contribution in [-0.4, -0.2) is 31.9 Å². The number of rotatable bonds is 4. The molecule has 2 N–H and O–H groups in total. The Bertz CT molecular complexity index is 391. The van der Waals surface area contributed by atoms with Crippen LogP contribution in [-0.2, 0) is 18.4 Å². The fourth-order valence-electron chi connectivity index (χ4n) is 2.32. The fourth-order valence-corrected chi connectivity index (χ4v) is 2.32. The largest absolute Gasteiger partial charge is 0.481 e. The number of aliphatic carboxylic acids is 1. The van der Waals surface area contributed by atoms with Crippen LogP contribution in [0, 0.1) is 5.92 Å². The van der Waals surface area contributed by atoms with Crippen molar-refractivity contribution < 1.29 is 9.90 Å². The molecule has 1 aromatic heterocycles. The molecule has 2 rings (SSSR count). The zero-order valence-corrected chi connectivity index (χ0v) is 9.96. The van der Waals surface area contributed by atoms with E-state index in [-0.39, 0.29) is 12.0 Å². The second-order valence-corrected chi connectivity index (χ2v) is 4.58. The third-order valence-corrected chi connectivity index (χ3v) is 3.38. The standard InChI is InChI=1S/C11H18N4O2/c1-15-10(13-7-14-15)6-12-9-4-2-3-8(5-9)11(16)17/h7-9,12H,2-6H2,1H3,(H,16,17). The minimum Gasteiger partial charge on any atom is -0.481 e. The van der Waals surface area contributed by atoms with Crippen molar-refractivity contribution in [2.75, 3.05) is 0 Å². The van der Waals surface area contributed by atoms with Crippen molar-refractivity contribution in [1.29, 1.82) is 0 Å². The Balaban J connectivity index is 1.83. The van der Waals surface area contributed by atoms with Gasteiger partial charge in [-0.25, -0.2) is 4.98 Å². The van der Waals surface area contributed by atoms with Gasteiger partial charge in [0.2, 0.25) is 0 Å². The Kier molecular flexibility index (Phi) is 3.73. The molecule has 1 aliphatic rings. The number of carboxylic acids is 1. The third-order valence-electron chi connectivity index (χ3n) is 3.38. The van der Waals surface area contributed by atoms with Crippen LogP contribution in [0.3, 0.4) is 0 Å². The summed E-state index contributed by atoms with van der Waals surface area (Å²) in [5.74, 6) is 0.0124. The van der Waals surface area contributed by atoms with Crippen LogP contribution < -0.4 is 5.32 Å². The highest BCUT2D eigenvalue weighted by molar-refractivity contribution is 5.70. The molecule has 0 spiro atoms. The quantitative estimate of drug-likeness (QED) is 0.800. The van der Waals surface area contributed by atoms with Gasteiger partial charge in [0, 0.05) is 13.1 Å². The summed E-state index contributed by atoms with van der Waals surface area (Å²) in [5.41, 5.74) is 0. The second kappa shape index (κ2) is 5.27. The minimum atomic E-state index is -0.671. The number of hydrogen-bond acceptors (Lipinski definition) is 4. The number of aryl methyl sites for hydroxylation is 1. The zero-order valence-electron chi connectivity index (χ0n) is 9.96. The van der Waals surface area contributed by atoms with E-state index >= 15 is 0 Å². The van der Waals surface area contributed by atoms with Crippen LogP contribution in [0.25, 0.3) is 0 Å². The first kappa shape index (κ1) is 12.0. The molecular weight excluding hydrogens is 220 g/mol. The van der Waals surface area contributed by atoms with E-state index in [1.807, 2.05) is 7.05 Å². The number of nitrogens with one attached hydrogen (secondary N) is 1. The van der Waals surface area contributed by atoms with E-state index in [0.717, 1.165) is 25.1 Å². The van der Waals surface area contributed by atoms with Gasteiger partial charge in [-0.05, 0) is 19.3 Å². The molecule has 94 valence electrons. The van der Waals surface area contributed by atoms with Gasteiger partial charge in [0.25, 0.3) is 0 Å². The highest BCUT2D eigenvalue weighted by Gasteiger charge is 2.26. The summed E-state index contributed by atoms with van der Waals surface area (Å²) in [4.78, 5) is 15.1. The number of carbonyl (C=O) groups is 1. The van der Waals surface area contributed by atoms with Crippen LogP contribution in [0.2, 0.25) is 0 Å². The predicted octanol–water partition coefficient (Wildman–Crippen LogP) is 0.548. The third kappa shape index (κ3) is 3.03. The summed E-state index contributed by atoms with van der Waals surface area (Å²) in [7, 11) is 1.85. The van der Waals surface area contributed by atoms with E-state index in [0.29, 0.717) is 13.0 Å². The average Bonchev–Trinajstić information content (AvgIpc) is 2.72. The van der Waals surface area contributed by atoms with Gasteiger partial charge in [0.15, 0.2) is 0 Å². The Hall–Kier alpha value is -1.43. The summed E-state index contributed by atoms with van der Waals surface area (Å²) in [6, 6.07) is 0.279. The first-order valence-corrected chi connectivity index (χ1v) is 5.96. The predicted molar refractivity (Wildman–Crippen MR) is 61.2 cm³/mol. The maximum atomic E-state index is 10.9. The molecule has 2 atom stereocenters. The molecule has 1 fully saturated rings. The summed E-state index contributed by atoms with van der Waals surface area (Å²) < 4.78 is 1.73. The van der Waals surface area contributed by atoms with Gasteiger partial charge in [0.05, 0.1) is 12.5 Å². The average molecular weight is 238 g/mol. The van der Waals surface area contributed by atoms with Crippen molar-refractivity contribution in [3.63, 3.8) is 0 Å². The van der Waals surface area contributed by atoms with Crippen molar-refractivity contribution in [2.45, 2.75) is 38.3 Å². The lowest BCUT2D eigenvalue weighted by Gasteiger charge is -2.27. The summed E-state index contributed by atoms with van der Waals surface area (Å²) in [6.07, 6.45) is 5.07. The topological polar surface area (TPSA) is 80.0 Å². The first-order valence-electron chi connectivity index (χ1n) is 5.96. The van der Waals surface area contributed by atoms with Gasteiger partial charge >= 0.3 is 5.97 Å². The van der Waals surface area contributed by atoms with Crippen LogP contribution in [0.15, 0.2) is 6.33 Å². The second-order valence-electron chi connectivity index (χ2n) is 4.58. The van der Waals surface area contributed by atoms with Crippen molar-refractivity contribution in [1.82, 2.24) is 20.1 Å². The van der Waals surface area contributed by atoms with E-state index in [4.69, 9.17) is 5.11 Å². The Morgan fingerprint density at radius 1 is 1.65 bits per heavy atom. The molecule has 1 aliphatic carbocycles.